The van der Waals surface area contributed by atoms with E-state index in [1.165, 1.54) is 10.8 Å². The van der Waals surface area contributed by atoms with Gasteiger partial charge in [0.15, 0.2) is 11.4 Å². The molecule has 4 nitrogen and oxygen atoms in total. The molecule has 0 radical (unpaired) electrons. The molecule has 3 aromatic heterocycles. The molecule has 48 heavy (non-hydrogen) atoms. The SMILES string of the molecule is c1ccc(-c2cc(-c3cccc4c3oc3c4ccc4c5ccccc5n(-c5ccccc5)c43)nc(-c3ccc4ccccc4c3)n2)cc1. The Bertz CT molecular complexity index is 2830. The minimum atomic E-state index is 0.678. The Kier molecular flexibility index (Phi) is 5.84. The van der Waals surface area contributed by atoms with Gasteiger partial charge in [-0.15, -0.1) is 0 Å². The molecule has 10 aromatic rings. The van der Waals surface area contributed by atoms with Crippen molar-refractivity contribution in [1.29, 1.82) is 0 Å². The summed E-state index contributed by atoms with van der Waals surface area (Å²) in [7, 11) is 0. The fourth-order valence-electron chi connectivity index (χ4n) is 7.15. The number of benzene rings is 7. The molecule has 0 atom stereocenters. The first-order valence-electron chi connectivity index (χ1n) is 16.2. The summed E-state index contributed by atoms with van der Waals surface area (Å²) in [5, 5.41) is 6.83. The number of hydrogen-bond donors (Lipinski definition) is 0. The van der Waals surface area contributed by atoms with Crippen LogP contribution in [0, 0.1) is 0 Å². The molecule has 0 fully saturated rings. The van der Waals surface area contributed by atoms with Crippen LogP contribution in [0.1, 0.15) is 0 Å². The van der Waals surface area contributed by atoms with Crippen molar-refractivity contribution in [2.75, 3.05) is 0 Å². The Morgan fingerprint density at radius 3 is 2.00 bits per heavy atom. The number of para-hydroxylation sites is 3. The molecule has 0 saturated carbocycles. The molecule has 0 saturated heterocycles. The summed E-state index contributed by atoms with van der Waals surface area (Å²) < 4.78 is 9.34. The van der Waals surface area contributed by atoms with E-state index >= 15 is 0 Å². The number of nitrogens with zero attached hydrogens (tertiary/aromatic N) is 3. The second kappa shape index (κ2) is 10.5. The van der Waals surface area contributed by atoms with Crippen LogP contribution in [0.5, 0.6) is 0 Å². The van der Waals surface area contributed by atoms with E-state index < -0.39 is 0 Å². The molecule has 7 aromatic carbocycles. The van der Waals surface area contributed by atoms with Crippen LogP contribution in [0.2, 0.25) is 0 Å². The smallest absolute Gasteiger partial charge is 0.160 e. The first-order chi connectivity index (χ1) is 23.8. The number of fused-ring (bicyclic) bond motifs is 8. The Morgan fingerprint density at radius 2 is 1.12 bits per heavy atom. The quantitative estimate of drug-likeness (QED) is 0.198. The molecule has 0 unspecified atom stereocenters. The highest BCUT2D eigenvalue weighted by Crippen LogP contribution is 2.42. The van der Waals surface area contributed by atoms with Crippen LogP contribution in [0.4, 0.5) is 0 Å². The molecule has 0 aliphatic heterocycles. The lowest BCUT2D eigenvalue weighted by atomic mass is 10.0. The Balaban J connectivity index is 1.25. The van der Waals surface area contributed by atoms with Gasteiger partial charge in [-0.2, -0.15) is 0 Å². The van der Waals surface area contributed by atoms with Gasteiger partial charge in [-0.1, -0.05) is 121 Å². The third-order valence-corrected chi connectivity index (χ3v) is 9.39. The van der Waals surface area contributed by atoms with Crippen molar-refractivity contribution in [2.24, 2.45) is 0 Å². The second-order valence-corrected chi connectivity index (χ2v) is 12.2. The highest BCUT2D eigenvalue weighted by Gasteiger charge is 2.21. The van der Waals surface area contributed by atoms with E-state index in [9.17, 15) is 0 Å². The molecule has 0 aliphatic carbocycles. The van der Waals surface area contributed by atoms with E-state index in [1.54, 1.807) is 0 Å². The zero-order valence-corrected chi connectivity index (χ0v) is 25.8. The molecule has 0 N–H and O–H groups in total. The molecule has 0 bridgehead atoms. The maximum Gasteiger partial charge on any atom is 0.160 e. The monoisotopic (exact) mass is 613 g/mol. The predicted molar refractivity (Wildman–Crippen MR) is 197 cm³/mol. The molecular formula is C44H27N3O. The van der Waals surface area contributed by atoms with E-state index in [0.717, 1.165) is 77.5 Å². The Morgan fingerprint density at radius 1 is 0.438 bits per heavy atom. The van der Waals surface area contributed by atoms with E-state index in [-0.39, 0.29) is 0 Å². The van der Waals surface area contributed by atoms with E-state index in [1.807, 2.05) is 18.2 Å². The molecule has 0 spiro atoms. The average Bonchev–Trinajstić information content (AvgIpc) is 3.71. The lowest BCUT2D eigenvalue weighted by Crippen LogP contribution is -1.96. The number of rotatable bonds is 4. The van der Waals surface area contributed by atoms with Crippen molar-refractivity contribution < 1.29 is 4.42 Å². The van der Waals surface area contributed by atoms with Gasteiger partial charge in [0.1, 0.15) is 5.58 Å². The average molecular weight is 614 g/mol. The van der Waals surface area contributed by atoms with Crippen molar-refractivity contribution >= 4 is 54.5 Å². The lowest BCUT2D eigenvalue weighted by Gasteiger charge is -2.10. The van der Waals surface area contributed by atoms with Gasteiger partial charge in [0, 0.05) is 43.9 Å². The third-order valence-electron chi connectivity index (χ3n) is 9.39. The number of hydrogen-bond acceptors (Lipinski definition) is 3. The topological polar surface area (TPSA) is 43.9 Å². The molecule has 3 heterocycles. The highest BCUT2D eigenvalue weighted by atomic mass is 16.3. The largest absolute Gasteiger partial charge is 0.453 e. The van der Waals surface area contributed by atoms with Crippen molar-refractivity contribution in [3.8, 4) is 39.6 Å². The predicted octanol–water partition coefficient (Wildman–Crippen LogP) is 11.6. The van der Waals surface area contributed by atoms with Crippen LogP contribution in [0.25, 0.3) is 94.1 Å². The van der Waals surface area contributed by atoms with Gasteiger partial charge in [-0.25, -0.2) is 9.97 Å². The summed E-state index contributed by atoms with van der Waals surface area (Å²) in [6.45, 7) is 0. The summed E-state index contributed by atoms with van der Waals surface area (Å²) in [4.78, 5) is 10.3. The van der Waals surface area contributed by atoms with Crippen LogP contribution >= 0.6 is 0 Å². The van der Waals surface area contributed by atoms with Crippen LogP contribution in [-0.4, -0.2) is 14.5 Å². The van der Waals surface area contributed by atoms with Crippen LogP contribution in [0.15, 0.2) is 168 Å². The minimum Gasteiger partial charge on any atom is -0.453 e. The lowest BCUT2D eigenvalue weighted by molar-refractivity contribution is 0.672. The van der Waals surface area contributed by atoms with Crippen LogP contribution < -0.4 is 0 Å². The summed E-state index contributed by atoms with van der Waals surface area (Å²) in [6.07, 6.45) is 0. The fraction of sp³-hybridized carbons (Fsp3) is 0. The summed E-state index contributed by atoms with van der Waals surface area (Å²) in [5.74, 6) is 0.678. The van der Waals surface area contributed by atoms with Gasteiger partial charge >= 0.3 is 0 Å². The Labute approximate surface area is 276 Å². The fourth-order valence-corrected chi connectivity index (χ4v) is 7.15. The third kappa shape index (κ3) is 4.10. The standard InChI is InChI=1S/C44H27N3O/c1-3-13-29(14-4-1)38-27-39(46-44(45-38)31-23-22-28-12-7-8-15-30(28)26-31)37-20-11-19-35-36-25-24-34-33-18-9-10-21-40(33)47(32-16-5-2-6-17-32)41(34)43(36)48-42(35)37/h1-27H. The summed E-state index contributed by atoms with van der Waals surface area (Å²) >= 11 is 0. The molecule has 0 amide bonds. The maximum absolute atomic E-state index is 7.01. The van der Waals surface area contributed by atoms with Crippen LogP contribution in [-0.2, 0) is 0 Å². The first-order valence-corrected chi connectivity index (χ1v) is 16.2. The van der Waals surface area contributed by atoms with E-state index in [4.69, 9.17) is 14.4 Å². The molecule has 10 rings (SSSR count). The van der Waals surface area contributed by atoms with Gasteiger partial charge in [0.25, 0.3) is 0 Å². The zero-order chi connectivity index (χ0) is 31.6. The minimum absolute atomic E-state index is 0.678. The number of furan rings is 1. The molecular weight excluding hydrogens is 587 g/mol. The van der Waals surface area contributed by atoms with E-state index in [0.29, 0.717) is 5.82 Å². The molecule has 0 aliphatic rings. The van der Waals surface area contributed by atoms with Crippen molar-refractivity contribution in [3.63, 3.8) is 0 Å². The number of aromatic nitrogens is 3. The van der Waals surface area contributed by atoms with E-state index in [2.05, 4.69) is 150 Å². The summed E-state index contributed by atoms with van der Waals surface area (Å²) in [5.41, 5.74) is 9.60. The Hall–Kier alpha value is -6.52. The first kappa shape index (κ1) is 26.7. The van der Waals surface area contributed by atoms with Gasteiger partial charge < -0.3 is 8.98 Å². The van der Waals surface area contributed by atoms with Crippen molar-refractivity contribution in [3.05, 3.63) is 164 Å². The van der Waals surface area contributed by atoms with Crippen molar-refractivity contribution in [2.45, 2.75) is 0 Å². The van der Waals surface area contributed by atoms with Gasteiger partial charge in [-0.05, 0) is 53.2 Å². The maximum atomic E-state index is 7.01. The van der Waals surface area contributed by atoms with Gasteiger partial charge in [-0.3, -0.25) is 0 Å². The zero-order valence-electron chi connectivity index (χ0n) is 25.8. The van der Waals surface area contributed by atoms with Gasteiger partial charge in [0.2, 0.25) is 0 Å². The van der Waals surface area contributed by atoms with Gasteiger partial charge in [0.05, 0.1) is 22.4 Å². The highest BCUT2D eigenvalue weighted by molar-refractivity contribution is 6.22. The van der Waals surface area contributed by atoms with Crippen molar-refractivity contribution in [1.82, 2.24) is 14.5 Å². The molecule has 224 valence electrons. The summed E-state index contributed by atoms with van der Waals surface area (Å²) in [6, 6.07) is 57.1. The normalized spacial score (nSPS) is 11.8. The molecule has 4 heteroatoms. The van der Waals surface area contributed by atoms with Crippen LogP contribution in [0.3, 0.4) is 0 Å². The second-order valence-electron chi connectivity index (χ2n) is 12.2.